The van der Waals surface area contributed by atoms with Gasteiger partial charge in [-0.15, -0.1) is 5.10 Å². The Labute approximate surface area is 193 Å². The molecule has 2 aromatic heterocycles. The van der Waals surface area contributed by atoms with Crippen LogP contribution in [0, 0.1) is 11.7 Å². The van der Waals surface area contributed by atoms with Crippen molar-refractivity contribution in [1.29, 1.82) is 0 Å². The van der Waals surface area contributed by atoms with Crippen molar-refractivity contribution in [2.45, 2.75) is 30.7 Å². The standard InChI is InChI=1S/C22H20ClFN4O5/c1-30-19-5-3-14(10-25-19)32-21-28-27-20(33-21)22-7-12(8-22)17(9-22)26-18(29)11-31-13-2-4-15(23)16(24)6-13/h2-6,10,12,17H,7-9,11H2,1H3,(H,26,29)/t12?,17-,22?/m1/s1. The summed E-state index contributed by atoms with van der Waals surface area (Å²) in [6.45, 7) is -0.217. The molecule has 9 nitrogen and oxygen atoms in total. The number of nitrogens with one attached hydrogen (secondary N) is 1. The molecule has 33 heavy (non-hydrogen) atoms. The van der Waals surface area contributed by atoms with Crippen LogP contribution >= 0.6 is 11.6 Å². The summed E-state index contributed by atoms with van der Waals surface area (Å²) in [5, 5.41) is 11.1. The predicted octanol–water partition coefficient (Wildman–Crippen LogP) is 3.67. The molecule has 1 atom stereocenters. The number of carbonyl (C=O) groups excluding carboxylic acids is 1. The van der Waals surface area contributed by atoms with E-state index in [9.17, 15) is 9.18 Å². The maximum absolute atomic E-state index is 13.5. The number of amides is 1. The molecule has 172 valence electrons. The summed E-state index contributed by atoms with van der Waals surface area (Å²) in [5.41, 5.74) is -0.268. The molecule has 6 rings (SSSR count). The summed E-state index contributed by atoms with van der Waals surface area (Å²) in [6.07, 6.45) is 3.90. The van der Waals surface area contributed by atoms with Crippen LogP contribution < -0.4 is 19.5 Å². The summed E-state index contributed by atoms with van der Waals surface area (Å²) >= 11 is 5.65. The zero-order valence-corrected chi connectivity index (χ0v) is 18.3. The molecule has 1 N–H and O–H groups in total. The summed E-state index contributed by atoms with van der Waals surface area (Å²) in [4.78, 5) is 16.4. The van der Waals surface area contributed by atoms with Crippen molar-refractivity contribution in [2.75, 3.05) is 13.7 Å². The highest BCUT2D eigenvalue weighted by Gasteiger charge is 2.60. The van der Waals surface area contributed by atoms with E-state index in [1.54, 1.807) is 12.1 Å². The fraction of sp³-hybridized carbons (Fsp3) is 0.364. The minimum absolute atomic E-state index is 0.00178. The zero-order chi connectivity index (χ0) is 23.0. The van der Waals surface area contributed by atoms with E-state index in [0.717, 1.165) is 18.9 Å². The minimum atomic E-state index is -0.598. The third-order valence-corrected chi connectivity index (χ3v) is 6.38. The van der Waals surface area contributed by atoms with Crippen LogP contribution in [-0.4, -0.2) is 40.8 Å². The van der Waals surface area contributed by atoms with Crippen molar-refractivity contribution in [2.24, 2.45) is 5.92 Å². The number of methoxy groups -OCH3 is 1. The molecule has 11 heteroatoms. The number of ether oxygens (including phenoxy) is 3. The molecule has 3 aliphatic rings. The third kappa shape index (κ3) is 4.30. The first kappa shape index (κ1) is 21.4. The van der Waals surface area contributed by atoms with E-state index < -0.39 is 5.82 Å². The van der Waals surface area contributed by atoms with Gasteiger partial charge in [0, 0.05) is 18.2 Å². The molecule has 3 fully saturated rings. The Morgan fingerprint density at radius 2 is 2.06 bits per heavy atom. The molecular formula is C22H20ClFN4O5. The molecule has 3 aliphatic carbocycles. The number of nitrogens with zero attached hydrogens (tertiary/aromatic N) is 3. The number of pyridine rings is 1. The summed E-state index contributed by atoms with van der Waals surface area (Å²) < 4.78 is 35.2. The molecule has 0 aliphatic heterocycles. The summed E-state index contributed by atoms with van der Waals surface area (Å²) in [6, 6.07) is 7.37. The Bertz CT molecular complexity index is 1170. The molecular weight excluding hydrogens is 455 g/mol. The van der Waals surface area contributed by atoms with E-state index in [-0.39, 0.29) is 40.8 Å². The van der Waals surface area contributed by atoms with Crippen molar-refractivity contribution in [3.8, 4) is 23.5 Å². The maximum Gasteiger partial charge on any atom is 0.420 e. The van der Waals surface area contributed by atoms with Crippen LogP contribution in [0.5, 0.6) is 23.5 Å². The smallest absolute Gasteiger partial charge is 0.420 e. The molecule has 2 bridgehead atoms. The molecule has 0 unspecified atom stereocenters. The van der Waals surface area contributed by atoms with E-state index in [4.69, 9.17) is 30.2 Å². The molecule has 3 saturated carbocycles. The van der Waals surface area contributed by atoms with Crippen molar-refractivity contribution in [3.05, 3.63) is 53.3 Å². The average Bonchev–Trinajstić information content (AvgIpc) is 3.48. The maximum atomic E-state index is 13.5. The fourth-order valence-electron chi connectivity index (χ4n) is 4.49. The Hall–Kier alpha value is -3.40. The number of rotatable bonds is 8. The number of carbonyl (C=O) groups is 1. The number of halogens is 2. The quantitative estimate of drug-likeness (QED) is 0.526. The molecule has 0 radical (unpaired) electrons. The second kappa shape index (κ2) is 8.51. The van der Waals surface area contributed by atoms with Gasteiger partial charge < -0.3 is 23.9 Å². The highest BCUT2D eigenvalue weighted by molar-refractivity contribution is 6.30. The number of benzene rings is 1. The summed E-state index contributed by atoms with van der Waals surface area (Å²) in [5.74, 6) is 1.11. The molecule has 3 aromatic rings. The second-order valence-corrected chi connectivity index (χ2v) is 8.61. The van der Waals surface area contributed by atoms with E-state index in [2.05, 4.69) is 20.5 Å². The van der Waals surface area contributed by atoms with Gasteiger partial charge in [0.25, 0.3) is 5.91 Å². The van der Waals surface area contributed by atoms with Gasteiger partial charge in [-0.25, -0.2) is 9.37 Å². The monoisotopic (exact) mass is 474 g/mol. The SMILES string of the molecule is COc1ccc(Oc2nnc(C34CC(C3)[C@H](NC(=O)COc3ccc(Cl)c(F)c3)C4)o2)cn1. The lowest BCUT2D eigenvalue weighted by Gasteiger charge is -2.34. The first-order chi connectivity index (χ1) is 15.9. The first-order valence-corrected chi connectivity index (χ1v) is 10.7. The average molecular weight is 475 g/mol. The van der Waals surface area contributed by atoms with Crippen LogP contribution in [0.4, 0.5) is 4.39 Å². The van der Waals surface area contributed by atoms with Gasteiger partial charge in [0.2, 0.25) is 11.8 Å². The molecule has 2 heterocycles. The van der Waals surface area contributed by atoms with Crippen LogP contribution in [0.15, 0.2) is 40.9 Å². The van der Waals surface area contributed by atoms with Crippen LogP contribution in [0.3, 0.4) is 0 Å². The minimum Gasteiger partial charge on any atom is -0.484 e. The Morgan fingerprint density at radius 1 is 1.24 bits per heavy atom. The number of aromatic nitrogens is 3. The van der Waals surface area contributed by atoms with Crippen molar-refractivity contribution < 1.29 is 27.8 Å². The molecule has 0 saturated heterocycles. The van der Waals surface area contributed by atoms with Gasteiger partial charge in [-0.1, -0.05) is 16.7 Å². The van der Waals surface area contributed by atoms with E-state index >= 15 is 0 Å². The van der Waals surface area contributed by atoms with Crippen LogP contribution in [-0.2, 0) is 10.2 Å². The van der Waals surface area contributed by atoms with E-state index in [1.807, 2.05) is 0 Å². The first-order valence-electron chi connectivity index (χ1n) is 10.3. The van der Waals surface area contributed by atoms with Gasteiger partial charge in [0.05, 0.1) is 23.7 Å². The van der Waals surface area contributed by atoms with Gasteiger partial charge >= 0.3 is 6.08 Å². The van der Waals surface area contributed by atoms with Crippen LogP contribution in [0.2, 0.25) is 5.02 Å². The van der Waals surface area contributed by atoms with E-state index in [0.29, 0.717) is 29.9 Å². The Morgan fingerprint density at radius 3 is 2.79 bits per heavy atom. The van der Waals surface area contributed by atoms with Gasteiger partial charge in [-0.3, -0.25) is 4.79 Å². The van der Waals surface area contributed by atoms with Crippen LogP contribution in [0.1, 0.15) is 25.2 Å². The lowest BCUT2D eigenvalue weighted by molar-refractivity contribution is -0.124. The van der Waals surface area contributed by atoms with Crippen molar-refractivity contribution >= 4 is 17.5 Å². The van der Waals surface area contributed by atoms with Gasteiger partial charge in [0.1, 0.15) is 11.6 Å². The molecule has 1 amide bonds. The van der Waals surface area contributed by atoms with E-state index in [1.165, 1.54) is 25.4 Å². The summed E-state index contributed by atoms with van der Waals surface area (Å²) in [7, 11) is 1.53. The van der Waals surface area contributed by atoms with Crippen molar-refractivity contribution in [1.82, 2.24) is 20.5 Å². The Balaban J connectivity index is 1.15. The number of hydrogen-bond donors (Lipinski definition) is 1. The van der Waals surface area contributed by atoms with Gasteiger partial charge in [-0.2, -0.15) is 0 Å². The molecule has 0 spiro atoms. The highest BCUT2D eigenvalue weighted by atomic mass is 35.5. The van der Waals surface area contributed by atoms with Crippen LogP contribution in [0.25, 0.3) is 0 Å². The Kier molecular flexibility index (Phi) is 5.53. The highest BCUT2D eigenvalue weighted by Crippen LogP contribution is 2.59. The lowest BCUT2D eigenvalue weighted by atomic mass is 9.69. The normalized spacial score (nSPS) is 23.0. The zero-order valence-electron chi connectivity index (χ0n) is 17.6. The lowest BCUT2D eigenvalue weighted by Crippen LogP contribution is -2.39. The predicted molar refractivity (Wildman–Crippen MR) is 113 cm³/mol. The van der Waals surface area contributed by atoms with Gasteiger partial charge in [0.15, 0.2) is 12.4 Å². The number of hydrogen-bond acceptors (Lipinski definition) is 8. The third-order valence-electron chi connectivity index (χ3n) is 6.08. The molecule has 1 aromatic carbocycles. The fourth-order valence-corrected chi connectivity index (χ4v) is 4.61. The topological polar surface area (TPSA) is 109 Å². The van der Waals surface area contributed by atoms with Crippen molar-refractivity contribution in [3.63, 3.8) is 0 Å². The van der Waals surface area contributed by atoms with Gasteiger partial charge in [-0.05, 0) is 43.4 Å². The largest absolute Gasteiger partial charge is 0.484 e. The second-order valence-electron chi connectivity index (χ2n) is 8.20. The number of fused-ring (bicyclic) bond motifs is 1.